The Labute approximate surface area is 127 Å². The van der Waals surface area contributed by atoms with Crippen LogP contribution in [0.2, 0.25) is 0 Å². The molecule has 3 rings (SSSR count). The molecule has 0 unspecified atom stereocenters. The van der Waals surface area contributed by atoms with Crippen LogP contribution in [0, 0.1) is 5.82 Å². The van der Waals surface area contributed by atoms with Gasteiger partial charge in [0.25, 0.3) is 0 Å². The molecule has 0 saturated heterocycles. The summed E-state index contributed by atoms with van der Waals surface area (Å²) >= 11 is 11.1. The topological polar surface area (TPSA) is 17.8 Å². The van der Waals surface area contributed by atoms with Gasteiger partial charge in [-0.25, -0.2) is 9.37 Å². The van der Waals surface area contributed by atoms with E-state index in [9.17, 15) is 4.39 Å². The van der Waals surface area contributed by atoms with Crippen molar-refractivity contribution >= 4 is 49.9 Å². The Morgan fingerprint density at radius 3 is 2.89 bits per heavy atom. The number of hydrogen-bond donors (Lipinski definition) is 0. The molecule has 0 aliphatic carbocycles. The summed E-state index contributed by atoms with van der Waals surface area (Å²) in [6.07, 6.45) is 0. The van der Waals surface area contributed by atoms with Crippen LogP contribution in [-0.2, 0) is 12.4 Å². The van der Waals surface area contributed by atoms with E-state index in [-0.39, 0.29) is 5.82 Å². The molecule has 2 heterocycles. The SMILES string of the molecule is Fc1ccc2nc(CCl)n(Cc3sccc3Br)c2c1. The quantitative estimate of drug-likeness (QED) is 0.615. The van der Waals surface area contributed by atoms with E-state index in [4.69, 9.17) is 11.6 Å². The Kier molecular flexibility index (Phi) is 3.60. The Morgan fingerprint density at radius 2 is 2.21 bits per heavy atom. The lowest BCUT2D eigenvalue weighted by molar-refractivity contribution is 0.628. The molecular formula is C13H9BrClFN2S. The first-order valence-electron chi connectivity index (χ1n) is 5.61. The monoisotopic (exact) mass is 358 g/mol. The third-order valence-electron chi connectivity index (χ3n) is 2.90. The summed E-state index contributed by atoms with van der Waals surface area (Å²) in [5.74, 6) is 0.793. The molecule has 3 aromatic rings. The summed E-state index contributed by atoms with van der Waals surface area (Å²) in [7, 11) is 0. The van der Waals surface area contributed by atoms with Crippen molar-refractivity contribution in [3.8, 4) is 0 Å². The van der Waals surface area contributed by atoms with E-state index in [0.29, 0.717) is 12.4 Å². The molecule has 0 bridgehead atoms. The number of imidazole rings is 1. The molecule has 0 fully saturated rings. The fraction of sp³-hybridized carbons (Fsp3) is 0.154. The number of fused-ring (bicyclic) bond motifs is 1. The maximum Gasteiger partial charge on any atom is 0.125 e. The number of thiophene rings is 1. The van der Waals surface area contributed by atoms with Crippen molar-refractivity contribution < 1.29 is 4.39 Å². The van der Waals surface area contributed by atoms with Gasteiger partial charge in [0.05, 0.1) is 23.5 Å². The van der Waals surface area contributed by atoms with Crippen LogP contribution in [0.25, 0.3) is 11.0 Å². The second-order valence-corrected chi connectivity index (χ2v) is 6.19. The summed E-state index contributed by atoms with van der Waals surface area (Å²) in [4.78, 5) is 5.60. The van der Waals surface area contributed by atoms with Crippen LogP contribution < -0.4 is 0 Å². The van der Waals surface area contributed by atoms with Gasteiger partial charge in [0.1, 0.15) is 11.6 Å². The molecule has 0 aliphatic heterocycles. The van der Waals surface area contributed by atoms with Crippen molar-refractivity contribution in [1.82, 2.24) is 9.55 Å². The fourth-order valence-electron chi connectivity index (χ4n) is 2.01. The number of alkyl halides is 1. The lowest BCUT2D eigenvalue weighted by atomic mass is 10.3. The summed E-state index contributed by atoms with van der Waals surface area (Å²) in [6.45, 7) is 0.639. The Bertz CT molecular complexity index is 737. The van der Waals surface area contributed by atoms with Crippen molar-refractivity contribution in [3.05, 3.63) is 50.6 Å². The van der Waals surface area contributed by atoms with Crippen LogP contribution in [0.4, 0.5) is 4.39 Å². The lowest BCUT2D eigenvalue weighted by Crippen LogP contribution is -2.03. The minimum Gasteiger partial charge on any atom is -0.322 e. The lowest BCUT2D eigenvalue weighted by Gasteiger charge is -2.06. The molecule has 0 saturated carbocycles. The number of rotatable bonds is 3. The fourth-order valence-corrected chi connectivity index (χ4v) is 3.68. The summed E-state index contributed by atoms with van der Waals surface area (Å²) < 4.78 is 16.4. The predicted octanol–water partition coefficient (Wildman–Crippen LogP) is 4.79. The van der Waals surface area contributed by atoms with E-state index in [1.165, 1.54) is 12.1 Å². The molecule has 6 heteroatoms. The largest absolute Gasteiger partial charge is 0.322 e. The van der Waals surface area contributed by atoms with Gasteiger partial charge in [-0.3, -0.25) is 0 Å². The zero-order chi connectivity index (χ0) is 13.4. The zero-order valence-corrected chi connectivity index (χ0v) is 12.9. The van der Waals surface area contributed by atoms with Crippen molar-refractivity contribution in [2.24, 2.45) is 0 Å². The molecule has 0 radical (unpaired) electrons. The third kappa shape index (κ3) is 2.42. The van der Waals surface area contributed by atoms with Gasteiger partial charge in [-0.15, -0.1) is 22.9 Å². The summed E-state index contributed by atoms with van der Waals surface area (Å²) in [6, 6.07) is 6.60. The highest BCUT2D eigenvalue weighted by molar-refractivity contribution is 9.10. The predicted molar refractivity (Wildman–Crippen MR) is 80.4 cm³/mol. The van der Waals surface area contributed by atoms with Gasteiger partial charge in [-0.2, -0.15) is 0 Å². The van der Waals surface area contributed by atoms with E-state index in [2.05, 4.69) is 20.9 Å². The molecule has 0 atom stereocenters. The minimum absolute atomic E-state index is 0.264. The van der Waals surface area contributed by atoms with Crippen LogP contribution in [0.3, 0.4) is 0 Å². The van der Waals surface area contributed by atoms with Crippen LogP contribution >= 0.6 is 38.9 Å². The molecule has 2 aromatic heterocycles. The van der Waals surface area contributed by atoms with Crippen molar-refractivity contribution in [3.63, 3.8) is 0 Å². The molecule has 0 aliphatic rings. The average molecular weight is 360 g/mol. The van der Waals surface area contributed by atoms with Gasteiger partial charge in [-0.1, -0.05) is 0 Å². The minimum atomic E-state index is -0.264. The van der Waals surface area contributed by atoms with Crippen LogP contribution in [0.15, 0.2) is 34.1 Å². The highest BCUT2D eigenvalue weighted by Crippen LogP contribution is 2.27. The molecule has 0 amide bonds. The molecule has 19 heavy (non-hydrogen) atoms. The highest BCUT2D eigenvalue weighted by atomic mass is 79.9. The summed E-state index contributed by atoms with van der Waals surface area (Å²) in [5, 5.41) is 2.01. The first-order valence-corrected chi connectivity index (χ1v) is 7.82. The number of halogens is 3. The van der Waals surface area contributed by atoms with Crippen LogP contribution in [0.5, 0.6) is 0 Å². The number of aromatic nitrogens is 2. The van der Waals surface area contributed by atoms with E-state index in [0.717, 1.165) is 26.2 Å². The Hall–Kier alpha value is -0.910. The van der Waals surface area contributed by atoms with E-state index in [1.54, 1.807) is 17.4 Å². The maximum absolute atomic E-state index is 13.4. The first-order chi connectivity index (χ1) is 9.19. The Morgan fingerprint density at radius 1 is 1.37 bits per heavy atom. The van der Waals surface area contributed by atoms with E-state index in [1.807, 2.05) is 16.0 Å². The van der Waals surface area contributed by atoms with Gasteiger partial charge >= 0.3 is 0 Å². The third-order valence-corrected chi connectivity index (χ3v) is 5.05. The van der Waals surface area contributed by atoms with Crippen molar-refractivity contribution in [2.45, 2.75) is 12.4 Å². The molecular weight excluding hydrogens is 351 g/mol. The standard InChI is InChI=1S/C13H9BrClFN2S/c14-9-3-4-19-12(9)7-18-11-5-8(16)1-2-10(11)17-13(18)6-15/h1-5H,6-7H2. The van der Waals surface area contributed by atoms with Gasteiger partial charge in [0.2, 0.25) is 0 Å². The number of hydrogen-bond acceptors (Lipinski definition) is 2. The van der Waals surface area contributed by atoms with Crippen LogP contribution in [-0.4, -0.2) is 9.55 Å². The van der Waals surface area contributed by atoms with E-state index >= 15 is 0 Å². The van der Waals surface area contributed by atoms with Crippen molar-refractivity contribution in [2.75, 3.05) is 0 Å². The summed E-state index contributed by atoms with van der Waals surface area (Å²) in [5.41, 5.74) is 1.54. The molecule has 1 aromatic carbocycles. The van der Waals surface area contributed by atoms with Crippen molar-refractivity contribution in [1.29, 1.82) is 0 Å². The van der Waals surface area contributed by atoms with E-state index < -0.39 is 0 Å². The van der Waals surface area contributed by atoms with Crippen LogP contribution in [0.1, 0.15) is 10.7 Å². The maximum atomic E-state index is 13.4. The van der Waals surface area contributed by atoms with Gasteiger partial charge in [0.15, 0.2) is 0 Å². The highest BCUT2D eigenvalue weighted by Gasteiger charge is 2.13. The molecule has 98 valence electrons. The van der Waals surface area contributed by atoms with Gasteiger partial charge in [-0.05, 0) is 45.6 Å². The average Bonchev–Trinajstić information content (AvgIpc) is 2.95. The normalized spacial score (nSPS) is 11.3. The second kappa shape index (κ2) is 5.23. The molecule has 0 spiro atoms. The second-order valence-electron chi connectivity index (χ2n) is 4.07. The van der Waals surface area contributed by atoms with Gasteiger partial charge < -0.3 is 4.57 Å². The molecule has 2 nitrogen and oxygen atoms in total. The smallest absolute Gasteiger partial charge is 0.125 e. The molecule has 0 N–H and O–H groups in total. The van der Waals surface area contributed by atoms with Gasteiger partial charge in [0, 0.05) is 9.35 Å². The first kappa shape index (κ1) is 13.1. The number of nitrogens with zero attached hydrogens (tertiary/aromatic N) is 2. The zero-order valence-electron chi connectivity index (χ0n) is 9.74. The Balaban J connectivity index is 2.15. The number of benzene rings is 1.